The first-order chi connectivity index (χ1) is 12.0. The molecule has 0 radical (unpaired) electrons. The van der Waals surface area contributed by atoms with Gasteiger partial charge in [0, 0.05) is 24.7 Å². The molecular weight excluding hydrogens is 316 g/mol. The molecule has 1 aromatic rings. The van der Waals surface area contributed by atoms with Gasteiger partial charge in [0.25, 0.3) is 0 Å². The van der Waals surface area contributed by atoms with Gasteiger partial charge >= 0.3 is 5.97 Å². The number of hydrogen-bond acceptors (Lipinski definition) is 3. The first-order valence-electron chi connectivity index (χ1n) is 9.34. The highest BCUT2D eigenvalue weighted by atomic mass is 16.4. The summed E-state index contributed by atoms with van der Waals surface area (Å²) in [4.78, 5) is 28.2. The second kappa shape index (κ2) is 7.56. The Kier molecular flexibility index (Phi) is 5.42. The third-order valence-corrected chi connectivity index (χ3v) is 5.67. The van der Waals surface area contributed by atoms with Crippen LogP contribution in [-0.2, 0) is 16.0 Å². The maximum absolute atomic E-state index is 13.2. The van der Waals surface area contributed by atoms with Crippen molar-refractivity contribution in [1.82, 2.24) is 4.90 Å². The molecule has 1 fully saturated rings. The summed E-state index contributed by atoms with van der Waals surface area (Å²) < 4.78 is 0. The monoisotopic (exact) mass is 344 g/mol. The number of piperidine rings is 1. The van der Waals surface area contributed by atoms with Crippen molar-refractivity contribution in [1.29, 1.82) is 0 Å². The number of anilines is 1. The summed E-state index contributed by atoms with van der Waals surface area (Å²) in [6.45, 7) is 5.84. The Hall–Kier alpha value is -1.88. The summed E-state index contributed by atoms with van der Waals surface area (Å²) in [7, 11) is 0. The smallest absolute Gasteiger partial charge is 0.303 e. The fraction of sp³-hybridized carbons (Fsp3) is 0.600. The molecule has 0 aliphatic carbocycles. The van der Waals surface area contributed by atoms with E-state index in [1.807, 2.05) is 30.0 Å². The molecule has 5 heteroatoms. The van der Waals surface area contributed by atoms with E-state index in [4.69, 9.17) is 5.11 Å². The van der Waals surface area contributed by atoms with Crippen LogP contribution in [0.3, 0.4) is 0 Å². The minimum absolute atomic E-state index is 0.163. The van der Waals surface area contributed by atoms with Gasteiger partial charge in [0.1, 0.15) is 0 Å². The Bertz CT molecular complexity index is 646. The lowest BCUT2D eigenvalue weighted by Gasteiger charge is -2.38. The van der Waals surface area contributed by atoms with Crippen LogP contribution in [-0.4, -0.2) is 47.1 Å². The predicted molar refractivity (Wildman–Crippen MR) is 97.7 cm³/mol. The van der Waals surface area contributed by atoms with Gasteiger partial charge in [-0.3, -0.25) is 14.5 Å². The lowest BCUT2D eigenvalue weighted by atomic mass is 9.92. The van der Waals surface area contributed by atoms with Crippen LogP contribution in [0.5, 0.6) is 0 Å². The number of likely N-dealkylation sites (tertiary alicyclic amines) is 1. The molecule has 0 aromatic heterocycles. The first-order valence-corrected chi connectivity index (χ1v) is 9.34. The molecule has 0 bridgehead atoms. The summed E-state index contributed by atoms with van der Waals surface area (Å²) in [6, 6.07) is 8.19. The number of fused-ring (bicyclic) bond motifs is 1. The standard InChI is InChI=1S/C20H28N2O3/c1-14-12-17-7-3-4-8-18(17)22(14)20(25)15(2)21-11-5-6-16(13-21)9-10-19(23)24/h3-4,7-8,14-16H,5-6,9-13H2,1-2H3,(H,23,24). The number of hydrogen-bond donors (Lipinski definition) is 1. The number of amides is 1. The van der Waals surface area contributed by atoms with Crippen molar-refractivity contribution in [3.63, 3.8) is 0 Å². The third kappa shape index (κ3) is 3.87. The molecule has 1 N–H and O–H groups in total. The average molecular weight is 344 g/mol. The largest absolute Gasteiger partial charge is 0.481 e. The van der Waals surface area contributed by atoms with Gasteiger partial charge in [-0.05, 0) is 63.6 Å². The quantitative estimate of drug-likeness (QED) is 0.892. The summed E-state index contributed by atoms with van der Waals surface area (Å²) in [5.74, 6) is -0.191. The Morgan fingerprint density at radius 3 is 2.84 bits per heavy atom. The SMILES string of the molecule is CC(C(=O)N1c2ccccc2CC1C)N1CCCC(CCC(=O)O)C1. The number of benzene rings is 1. The highest BCUT2D eigenvalue weighted by Crippen LogP contribution is 2.33. The van der Waals surface area contributed by atoms with Crippen LogP contribution in [0.2, 0.25) is 0 Å². The van der Waals surface area contributed by atoms with E-state index in [-0.39, 0.29) is 24.4 Å². The molecule has 25 heavy (non-hydrogen) atoms. The summed E-state index contributed by atoms with van der Waals surface area (Å²) >= 11 is 0. The van der Waals surface area contributed by atoms with E-state index < -0.39 is 5.97 Å². The zero-order valence-electron chi connectivity index (χ0n) is 15.1. The van der Waals surface area contributed by atoms with Gasteiger partial charge in [0.15, 0.2) is 0 Å². The number of para-hydroxylation sites is 1. The molecule has 2 heterocycles. The maximum atomic E-state index is 13.2. The van der Waals surface area contributed by atoms with Crippen LogP contribution in [0, 0.1) is 5.92 Å². The van der Waals surface area contributed by atoms with Crippen molar-refractivity contribution in [3.8, 4) is 0 Å². The van der Waals surface area contributed by atoms with Gasteiger partial charge in [-0.1, -0.05) is 18.2 Å². The second-order valence-electron chi connectivity index (χ2n) is 7.50. The van der Waals surface area contributed by atoms with Gasteiger partial charge < -0.3 is 10.0 Å². The van der Waals surface area contributed by atoms with Crippen molar-refractivity contribution in [2.45, 2.75) is 58.0 Å². The third-order valence-electron chi connectivity index (χ3n) is 5.67. The lowest BCUT2D eigenvalue weighted by molar-refractivity contribution is -0.137. The van der Waals surface area contributed by atoms with Gasteiger partial charge in [0.2, 0.25) is 5.91 Å². The predicted octanol–water partition coefficient (Wildman–Crippen LogP) is 2.93. The van der Waals surface area contributed by atoms with E-state index in [0.29, 0.717) is 12.3 Å². The van der Waals surface area contributed by atoms with Crippen molar-refractivity contribution in [2.24, 2.45) is 5.92 Å². The number of carbonyl (C=O) groups excluding carboxylic acids is 1. The van der Waals surface area contributed by atoms with E-state index in [2.05, 4.69) is 17.9 Å². The highest BCUT2D eigenvalue weighted by molar-refractivity contribution is 5.99. The molecule has 5 nitrogen and oxygen atoms in total. The van der Waals surface area contributed by atoms with Crippen LogP contribution in [0.1, 0.15) is 45.1 Å². The van der Waals surface area contributed by atoms with Crippen molar-refractivity contribution in [2.75, 3.05) is 18.0 Å². The van der Waals surface area contributed by atoms with Crippen LogP contribution in [0.15, 0.2) is 24.3 Å². The van der Waals surface area contributed by atoms with E-state index in [1.165, 1.54) is 5.56 Å². The summed E-state index contributed by atoms with van der Waals surface area (Å²) in [6.07, 6.45) is 3.94. The fourth-order valence-corrected chi connectivity index (χ4v) is 4.27. The minimum Gasteiger partial charge on any atom is -0.481 e. The van der Waals surface area contributed by atoms with E-state index in [1.54, 1.807) is 0 Å². The average Bonchev–Trinajstić information content (AvgIpc) is 2.94. The Labute approximate surface area is 149 Å². The molecule has 136 valence electrons. The topological polar surface area (TPSA) is 60.9 Å². The molecule has 1 amide bonds. The molecule has 3 atom stereocenters. The lowest BCUT2D eigenvalue weighted by Crippen LogP contribution is -2.51. The second-order valence-corrected chi connectivity index (χ2v) is 7.50. The number of carboxylic acids is 1. The minimum atomic E-state index is -0.733. The van der Waals surface area contributed by atoms with Crippen LogP contribution >= 0.6 is 0 Å². The maximum Gasteiger partial charge on any atom is 0.303 e. The fourth-order valence-electron chi connectivity index (χ4n) is 4.27. The molecule has 0 spiro atoms. The van der Waals surface area contributed by atoms with E-state index in [9.17, 15) is 9.59 Å². The molecule has 1 saturated heterocycles. The van der Waals surface area contributed by atoms with Gasteiger partial charge in [-0.15, -0.1) is 0 Å². The molecule has 2 aliphatic rings. The van der Waals surface area contributed by atoms with E-state index in [0.717, 1.165) is 38.0 Å². The van der Waals surface area contributed by atoms with Gasteiger partial charge in [-0.25, -0.2) is 0 Å². The van der Waals surface area contributed by atoms with Gasteiger partial charge in [-0.2, -0.15) is 0 Å². The van der Waals surface area contributed by atoms with Crippen molar-refractivity contribution >= 4 is 17.6 Å². The molecule has 3 unspecified atom stereocenters. The molecule has 0 saturated carbocycles. The van der Waals surface area contributed by atoms with Crippen LogP contribution in [0.25, 0.3) is 0 Å². The Morgan fingerprint density at radius 1 is 1.32 bits per heavy atom. The summed E-state index contributed by atoms with van der Waals surface area (Å²) in [5.41, 5.74) is 2.29. The molecular formula is C20H28N2O3. The Balaban J connectivity index is 1.67. The van der Waals surface area contributed by atoms with Crippen molar-refractivity contribution in [3.05, 3.63) is 29.8 Å². The number of nitrogens with zero attached hydrogens (tertiary/aromatic N) is 2. The number of rotatable bonds is 5. The van der Waals surface area contributed by atoms with Crippen molar-refractivity contribution < 1.29 is 14.7 Å². The zero-order chi connectivity index (χ0) is 18.0. The van der Waals surface area contributed by atoms with Crippen LogP contribution < -0.4 is 4.90 Å². The zero-order valence-corrected chi connectivity index (χ0v) is 15.1. The van der Waals surface area contributed by atoms with Gasteiger partial charge in [0.05, 0.1) is 6.04 Å². The van der Waals surface area contributed by atoms with Crippen LogP contribution in [0.4, 0.5) is 5.69 Å². The first kappa shape index (κ1) is 17.9. The highest BCUT2D eigenvalue weighted by Gasteiger charge is 2.36. The molecule has 1 aromatic carbocycles. The number of carboxylic acid groups (broad SMARTS) is 1. The van der Waals surface area contributed by atoms with E-state index >= 15 is 0 Å². The normalized spacial score (nSPS) is 24.8. The Morgan fingerprint density at radius 2 is 2.08 bits per heavy atom. The number of carbonyl (C=O) groups is 2. The number of aliphatic carboxylic acids is 1. The summed E-state index contributed by atoms with van der Waals surface area (Å²) in [5, 5.41) is 8.90. The molecule has 3 rings (SSSR count). The molecule has 2 aliphatic heterocycles.